The summed E-state index contributed by atoms with van der Waals surface area (Å²) in [6.07, 6.45) is -3.54. The van der Waals surface area contributed by atoms with E-state index in [0.717, 1.165) is 11.1 Å². The Bertz CT molecular complexity index is 439. The molecular weight excluding hydrogens is 226 g/mol. The molecule has 1 aromatic carbocycles. The summed E-state index contributed by atoms with van der Waals surface area (Å²) in [6, 6.07) is 3.55. The van der Waals surface area contributed by atoms with Crippen molar-refractivity contribution in [2.45, 2.75) is 45.8 Å². The van der Waals surface area contributed by atoms with Gasteiger partial charge in [-0.3, -0.25) is 0 Å². The van der Waals surface area contributed by atoms with E-state index in [2.05, 4.69) is 9.47 Å². The number of hydrogen-bond donors (Lipinski definition) is 0. The van der Waals surface area contributed by atoms with Crippen LogP contribution in [0.1, 0.15) is 50.7 Å². The fourth-order valence-electron chi connectivity index (χ4n) is 1.86. The molecule has 0 amide bonds. The van der Waals surface area contributed by atoms with Gasteiger partial charge in [-0.25, -0.2) is 0 Å². The third-order valence-electron chi connectivity index (χ3n) is 2.84. The van der Waals surface area contributed by atoms with Crippen LogP contribution in [0, 0.1) is 0 Å². The van der Waals surface area contributed by atoms with Crippen molar-refractivity contribution in [2.75, 3.05) is 0 Å². The molecule has 0 aromatic heterocycles. The Kier molecular flexibility index (Phi) is 2.76. The second-order valence-corrected chi connectivity index (χ2v) is 4.91. The van der Waals surface area contributed by atoms with Gasteiger partial charge in [-0.15, -0.1) is 8.78 Å². The SMILES string of the molecule is CC(C)c1cc2c(c(C(C)C)c1)OC(F)(F)O2. The summed E-state index contributed by atoms with van der Waals surface area (Å²) in [5, 5.41) is 0. The summed E-state index contributed by atoms with van der Waals surface area (Å²) in [4.78, 5) is 0. The predicted molar refractivity (Wildman–Crippen MR) is 60.8 cm³/mol. The first kappa shape index (κ1) is 12.1. The summed E-state index contributed by atoms with van der Waals surface area (Å²) in [7, 11) is 0. The van der Waals surface area contributed by atoms with Gasteiger partial charge in [0.25, 0.3) is 0 Å². The maximum absolute atomic E-state index is 13.1. The fourth-order valence-corrected chi connectivity index (χ4v) is 1.86. The number of rotatable bonds is 2. The van der Waals surface area contributed by atoms with Crippen LogP contribution < -0.4 is 9.47 Å². The van der Waals surface area contributed by atoms with Gasteiger partial charge in [0.1, 0.15) is 0 Å². The Balaban J connectivity index is 2.54. The Morgan fingerprint density at radius 3 is 2.18 bits per heavy atom. The van der Waals surface area contributed by atoms with Gasteiger partial charge in [0.05, 0.1) is 0 Å². The van der Waals surface area contributed by atoms with E-state index in [-0.39, 0.29) is 23.3 Å². The van der Waals surface area contributed by atoms with Gasteiger partial charge in [0.2, 0.25) is 0 Å². The molecule has 1 aromatic rings. The van der Waals surface area contributed by atoms with E-state index in [1.54, 1.807) is 6.07 Å². The van der Waals surface area contributed by atoms with Crippen LogP contribution in [0.5, 0.6) is 11.5 Å². The van der Waals surface area contributed by atoms with Gasteiger partial charge in [0.15, 0.2) is 11.5 Å². The highest BCUT2D eigenvalue weighted by Crippen LogP contribution is 2.47. The van der Waals surface area contributed by atoms with Crippen molar-refractivity contribution >= 4 is 0 Å². The summed E-state index contributed by atoms with van der Waals surface area (Å²) in [5.74, 6) is 0.690. The van der Waals surface area contributed by atoms with Crippen LogP contribution in [0.4, 0.5) is 8.78 Å². The predicted octanol–water partition coefficient (Wildman–Crippen LogP) is 4.25. The van der Waals surface area contributed by atoms with Crippen LogP contribution in [0.3, 0.4) is 0 Å². The molecule has 0 radical (unpaired) electrons. The first-order chi connectivity index (χ1) is 7.80. The van der Waals surface area contributed by atoms with Crippen molar-refractivity contribution in [3.63, 3.8) is 0 Å². The molecule has 0 saturated heterocycles. The maximum atomic E-state index is 13.1. The van der Waals surface area contributed by atoms with Gasteiger partial charge in [-0.1, -0.05) is 33.8 Å². The molecule has 0 spiro atoms. The molecule has 1 aliphatic rings. The lowest BCUT2D eigenvalue weighted by atomic mass is 9.94. The largest absolute Gasteiger partial charge is 0.586 e. The van der Waals surface area contributed by atoms with Crippen LogP contribution in [-0.2, 0) is 0 Å². The Morgan fingerprint density at radius 2 is 1.65 bits per heavy atom. The summed E-state index contributed by atoms with van der Waals surface area (Å²) in [5.41, 5.74) is 1.75. The minimum Gasteiger partial charge on any atom is -0.395 e. The van der Waals surface area contributed by atoms with Gasteiger partial charge in [-0.2, -0.15) is 0 Å². The highest BCUT2D eigenvalue weighted by Gasteiger charge is 2.45. The maximum Gasteiger partial charge on any atom is 0.586 e. The molecule has 0 fully saturated rings. The third kappa shape index (κ3) is 2.21. The topological polar surface area (TPSA) is 18.5 Å². The smallest absolute Gasteiger partial charge is 0.395 e. The highest BCUT2D eigenvalue weighted by atomic mass is 19.3. The number of halogens is 2. The van der Waals surface area contributed by atoms with E-state index in [0.29, 0.717) is 0 Å². The van der Waals surface area contributed by atoms with Crippen molar-refractivity contribution < 1.29 is 18.3 Å². The molecule has 0 bridgehead atoms. The second-order valence-electron chi connectivity index (χ2n) is 4.91. The van der Waals surface area contributed by atoms with E-state index < -0.39 is 6.29 Å². The highest BCUT2D eigenvalue weighted by molar-refractivity contribution is 5.53. The Hall–Kier alpha value is -1.32. The van der Waals surface area contributed by atoms with E-state index in [1.165, 1.54) is 0 Å². The van der Waals surface area contributed by atoms with Crippen LogP contribution in [0.15, 0.2) is 12.1 Å². The number of alkyl halides is 2. The monoisotopic (exact) mass is 242 g/mol. The molecule has 1 aliphatic heterocycles. The number of hydrogen-bond acceptors (Lipinski definition) is 2. The molecule has 2 rings (SSSR count). The fraction of sp³-hybridized carbons (Fsp3) is 0.538. The van der Waals surface area contributed by atoms with Crippen molar-refractivity contribution in [1.29, 1.82) is 0 Å². The molecule has 0 saturated carbocycles. The van der Waals surface area contributed by atoms with E-state index in [9.17, 15) is 8.78 Å². The molecule has 94 valence electrons. The lowest BCUT2D eigenvalue weighted by molar-refractivity contribution is -0.287. The molecule has 0 unspecified atom stereocenters. The minimum absolute atomic E-state index is 0.111. The van der Waals surface area contributed by atoms with Crippen molar-refractivity contribution in [1.82, 2.24) is 0 Å². The number of fused-ring (bicyclic) bond motifs is 1. The van der Waals surface area contributed by atoms with Gasteiger partial charge in [-0.05, 0) is 23.5 Å². The molecule has 17 heavy (non-hydrogen) atoms. The summed E-state index contributed by atoms with van der Waals surface area (Å²) < 4.78 is 35.2. The van der Waals surface area contributed by atoms with Crippen molar-refractivity contribution in [3.05, 3.63) is 23.3 Å². The third-order valence-corrected chi connectivity index (χ3v) is 2.84. The van der Waals surface area contributed by atoms with E-state index in [4.69, 9.17) is 0 Å². The van der Waals surface area contributed by atoms with Crippen LogP contribution >= 0.6 is 0 Å². The number of benzene rings is 1. The zero-order valence-electron chi connectivity index (χ0n) is 10.4. The summed E-state index contributed by atoms with van der Waals surface area (Å²) in [6.45, 7) is 7.92. The normalized spacial score (nSPS) is 16.9. The Morgan fingerprint density at radius 1 is 1.00 bits per heavy atom. The first-order valence-electron chi connectivity index (χ1n) is 5.74. The molecule has 4 heteroatoms. The zero-order valence-corrected chi connectivity index (χ0v) is 10.4. The average molecular weight is 242 g/mol. The molecule has 2 nitrogen and oxygen atoms in total. The minimum atomic E-state index is -3.54. The quantitative estimate of drug-likeness (QED) is 0.771. The zero-order chi connectivity index (χ0) is 12.8. The van der Waals surface area contributed by atoms with Crippen molar-refractivity contribution in [2.24, 2.45) is 0 Å². The molecule has 0 aliphatic carbocycles. The van der Waals surface area contributed by atoms with Crippen LogP contribution in [0.25, 0.3) is 0 Å². The second kappa shape index (κ2) is 3.86. The van der Waals surface area contributed by atoms with Gasteiger partial charge < -0.3 is 9.47 Å². The lowest BCUT2D eigenvalue weighted by Gasteiger charge is -2.13. The van der Waals surface area contributed by atoms with E-state index in [1.807, 2.05) is 33.8 Å². The Labute approximate surface area is 99.5 Å². The van der Waals surface area contributed by atoms with E-state index >= 15 is 0 Å². The average Bonchev–Trinajstić information content (AvgIpc) is 2.49. The summed E-state index contributed by atoms with van der Waals surface area (Å²) >= 11 is 0. The molecular formula is C13H16F2O2. The number of ether oxygens (including phenoxy) is 2. The van der Waals surface area contributed by atoms with Crippen LogP contribution in [0.2, 0.25) is 0 Å². The lowest BCUT2D eigenvalue weighted by Crippen LogP contribution is -2.26. The van der Waals surface area contributed by atoms with Gasteiger partial charge in [0, 0.05) is 5.56 Å². The standard InChI is InChI=1S/C13H16F2O2/c1-7(2)9-5-10(8(3)4)12-11(6-9)16-13(14,15)17-12/h5-8H,1-4H3. The first-order valence-corrected chi connectivity index (χ1v) is 5.74. The molecule has 0 atom stereocenters. The molecule has 1 heterocycles. The van der Waals surface area contributed by atoms with Crippen molar-refractivity contribution in [3.8, 4) is 11.5 Å². The van der Waals surface area contributed by atoms with Crippen LogP contribution in [-0.4, -0.2) is 6.29 Å². The molecule has 0 N–H and O–H groups in total. The van der Waals surface area contributed by atoms with Gasteiger partial charge >= 0.3 is 6.29 Å².